The van der Waals surface area contributed by atoms with Crippen LogP contribution in [0.5, 0.6) is 0 Å². The molecular weight excluding hydrogens is 222 g/mol. The van der Waals surface area contributed by atoms with E-state index in [1.54, 1.807) is 0 Å². The lowest BCUT2D eigenvalue weighted by Crippen LogP contribution is -2.40. The number of halogens is 1. The zero-order valence-electron chi connectivity index (χ0n) is 10.1. The minimum absolute atomic E-state index is 0.348. The summed E-state index contributed by atoms with van der Waals surface area (Å²) in [5.41, 5.74) is 0.931. The molecule has 0 aliphatic carbocycles. The van der Waals surface area contributed by atoms with Gasteiger partial charge in [-0.1, -0.05) is 6.92 Å². The van der Waals surface area contributed by atoms with Crippen molar-refractivity contribution in [1.29, 1.82) is 0 Å². The topological polar surface area (TPSA) is 29.0 Å². The van der Waals surface area contributed by atoms with Crippen LogP contribution in [0.4, 0.5) is 5.82 Å². The van der Waals surface area contributed by atoms with Gasteiger partial charge in [0, 0.05) is 24.3 Å². The molecule has 2 atom stereocenters. The lowest BCUT2D eigenvalue weighted by atomic mass is 9.93. The van der Waals surface area contributed by atoms with Crippen molar-refractivity contribution in [2.75, 3.05) is 11.4 Å². The molecule has 2 heterocycles. The summed E-state index contributed by atoms with van der Waals surface area (Å²) in [6, 6.07) is 2.55. The van der Waals surface area contributed by atoms with Crippen LogP contribution < -0.4 is 4.90 Å². The molecule has 0 spiro atoms. The van der Waals surface area contributed by atoms with Gasteiger partial charge in [-0.3, -0.25) is 0 Å². The molecule has 88 valence electrons. The summed E-state index contributed by atoms with van der Waals surface area (Å²) in [6.45, 7) is 7.58. The van der Waals surface area contributed by atoms with Crippen molar-refractivity contribution in [3.8, 4) is 0 Å². The van der Waals surface area contributed by atoms with Crippen LogP contribution in [0.1, 0.15) is 32.4 Å². The maximum atomic E-state index is 5.90. The molecule has 1 aliphatic rings. The number of piperidine rings is 1. The third kappa shape index (κ3) is 2.46. The largest absolute Gasteiger partial charge is 0.354 e. The van der Waals surface area contributed by atoms with Crippen molar-refractivity contribution in [3.05, 3.63) is 17.0 Å². The number of hydrogen-bond acceptors (Lipinski definition) is 3. The summed E-state index contributed by atoms with van der Waals surface area (Å²) in [5.74, 6) is 1.78. The second kappa shape index (κ2) is 4.58. The van der Waals surface area contributed by atoms with Crippen LogP contribution in [-0.4, -0.2) is 22.6 Å². The third-order valence-corrected chi connectivity index (χ3v) is 3.42. The molecule has 1 saturated heterocycles. The van der Waals surface area contributed by atoms with Crippen LogP contribution in [0.2, 0.25) is 5.28 Å². The van der Waals surface area contributed by atoms with Crippen molar-refractivity contribution in [2.45, 2.75) is 39.7 Å². The quantitative estimate of drug-likeness (QED) is 0.706. The van der Waals surface area contributed by atoms with Gasteiger partial charge in [-0.25, -0.2) is 9.97 Å². The highest BCUT2D eigenvalue weighted by atomic mass is 35.5. The van der Waals surface area contributed by atoms with E-state index in [2.05, 4.69) is 28.7 Å². The van der Waals surface area contributed by atoms with Crippen LogP contribution in [-0.2, 0) is 0 Å². The third-order valence-electron chi connectivity index (χ3n) is 3.25. The number of hydrogen-bond donors (Lipinski definition) is 0. The van der Waals surface area contributed by atoms with Crippen molar-refractivity contribution in [2.24, 2.45) is 5.92 Å². The lowest BCUT2D eigenvalue weighted by Gasteiger charge is -2.37. The number of anilines is 1. The summed E-state index contributed by atoms with van der Waals surface area (Å²) in [6.07, 6.45) is 2.45. The van der Waals surface area contributed by atoms with Gasteiger partial charge in [0.15, 0.2) is 0 Å². The highest BCUT2D eigenvalue weighted by Crippen LogP contribution is 2.27. The Morgan fingerprint density at radius 2 is 2.12 bits per heavy atom. The summed E-state index contributed by atoms with van der Waals surface area (Å²) in [5, 5.41) is 0.348. The predicted octanol–water partition coefficient (Wildman–Crippen LogP) is 3.06. The van der Waals surface area contributed by atoms with E-state index in [0.29, 0.717) is 11.3 Å². The Morgan fingerprint density at radius 3 is 2.75 bits per heavy atom. The van der Waals surface area contributed by atoms with Gasteiger partial charge in [0.2, 0.25) is 5.28 Å². The van der Waals surface area contributed by atoms with E-state index in [1.807, 2.05) is 13.0 Å². The van der Waals surface area contributed by atoms with Crippen LogP contribution in [0.25, 0.3) is 0 Å². The molecule has 1 aromatic rings. The molecule has 0 amide bonds. The van der Waals surface area contributed by atoms with E-state index >= 15 is 0 Å². The minimum Gasteiger partial charge on any atom is -0.354 e. The second-order valence-electron chi connectivity index (χ2n) is 4.81. The summed E-state index contributed by atoms with van der Waals surface area (Å²) in [7, 11) is 0. The van der Waals surface area contributed by atoms with E-state index in [1.165, 1.54) is 12.8 Å². The Bertz CT molecular complexity index is 360. The first kappa shape index (κ1) is 11.6. The maximum Gasteiger partial charge on any atom is 0.224 e. The molecule has 0 bridgehead atoms. The van der Waals surface area contributed by atoms with E-state index < -0.39 is 0 Å². The van der Waals surface area contributed by atoms with Crippen molar-refractivity contribution >= 4 is 17.4 Å². The molecule has 1 fully saturated rings. The van der Waals surface area contributed by atoms with E-state index in [0.717, 1.165) is 24.0 Å². The molecule has 16 heavy (non-hydrogen) atoms. The Balaban J connectivity index is 2.23. The average molecular weight is 240 g/mol. The van der Waals surface area contributed by atoms with Crippen LogP contribution in [0.15, 0.2) is 6.07 Å². The molecular formula is C12H18ClN3. The fourth-order valence-corrected chi connectivity index (χ4v) is 2.63. The van der Waals surface area contributed by atoms with Crippen molar-refractivity contribution < 1.29 is 0 Å². The number of aryl methyl sites for hydroxylation is 1. The van der Waals surface area contributed by atoms with Crippen molar-refractivity contribution in [3.63, 3.8) is 0 Å². The van der Waals surface area contributed by atoms with Gasteiger partial charge in [0.25, 0.3) is 0 Å². The molecule has 2 rings (SSSR count). The van der Waals surface area contributed by atoms with Gasteiger partial charge in [-0.15, -0.1) is 0 Å². The molecule has 0 N–H and O–H groups in total. The molecule has 1 aliphatic heterocycles. The highest BCUT2D eigenvalue weighted by molar-refractivity contribution is 6.28. The molecule has 0 aromatic carbocycles. The van der Waals surface area contributed by atoms with Gasteiger partial charge in [0.05, 0.1) is 0 Å². The van der Waals surface area contributed by atoms with Gasteiger partial charge in [-0.05, 0) is 44.2 Å². The maximum absolute atomic E-state index is 5.90. The van der Waals surface area contributed by atoms with Crippen LogP contribution in [0.3, 0.4) is 0 Å². The normalized spacial score (nSPS) is 25.9. The Morgan fingerprint density at radius 1 is 1.38 bits per heavy atom. The monoisotopic (exact) mass is 239 g/mol. The number of aromatic nitrogens is 2. The van der Waals surface area contributed by atoms with E-state index in [4.69, 9.17) is 11.6 Å². The molecule has 4 heteroatoms. The van der Waals surface area contributed by atoms with Gasteiger partial charge < -0.3 is 4.90 Å². The van der Waals surface area contributed by atoms with Crippen LogP contribution >= 0.6 is 11.6 Å². The molecule has 3 nitrogen and oxygen atoms in total. The SMILES string of the molecule is Cc1cc(N2CCC(C)CC2C)nc(Cl)n1. The minimum atomic E-state index is 0.348. The number of rotatable bonds is 1. The van der Waals surface area contributed by atoms with Crippen molar-refractivity contribution in [1.82, 2.24) is 9.97 Å². The first-order chi connectivity index (χ1) is 7.56. The van der Waals surface area contributed by atoms with Gasteiger partial charge in [0.1, 0.15) is 5.82 Å². The second-order valence-corrected chi connectivity index (χ2v) is 5.15. The summed E-state index contributed by atoms with van der Waals surface area (Å²) < 4.78 is 0. The Kier molecular flexibility index (Phi) is 3.33. The molecule has 0 radical (unpaired) electrons. The Hall–Kier alpha value is -0.830. The van der Waals surface area contributed by atoms with Gasteiger partial charge in [-0.2, -0.15) is 0 Å². The molecule has 0 saturated carbocycles. The zero-order valence-corrected chi connectivity index (χ0v) is 10.8. The smallest absolute Gasteiger partial charge is 0.224 e. The van der Waals surface area contributed by atoms with Crippen LogP contribution in [0, 0.1) is 12.8 Å². The fourth-order valence-electron chi connectivity index (χ4n) is 2.41. The first-order valence-electron chi connectivity index (χ1n) is 5.84. The van der Waals surface area contributed by atoms with Gasteiger partial charge >= 0.3 is 0 Å². The first-order valence-corrected chi connectivity index (χ1v) is 6.22. The Labute approximate surface area is 102 Å². The predicted molar refractivity (Wildman–Crippen MR) is 67.0 cm³/mol. The molecule has 2 unspecified atom stereocenters. The van der Waals surface area contributed by atoms with E-state index in [9.17, 15) is 0 Å². The highest BCUT2D eigenvalue weighted by Gasteiger charge is 2.24. The molecule has 1 aromatic heterocycles. The number of nitrogens with zero attached hydrogens (tertiary/aromatic N) is 3. The summed E-state index contributed by atoms with van der Waals surface area (Å²) >= 11 is 5.90. The average Bonchev–Trinajstić information content (AvgIpc) is 2.15. The van der Waals surface area contributed by atoms with E-state index in [-0.39, 0.29) is 0 Å². The zero-order chi connectivity index (χ0) is 11.7. The standard InChI is InChI=1S/C12H18ClN3/c1-8-4-5-16(10(3)6-8)11-7-9(2)14-12(13)15-11/h7-8,10H,4-6H2,1-3H3. The summed E-state index contributed by atoms with van der Waals surface area (Å²) in [4.78, 5) is 10.7. The fraction of sp³-hybridized carbons (Fsp3) is 0.667. The lowest BCUT2D eigenvalue weighted by molar-refractivity contribution is 0.376.